The number of amidine groups is 1. The van der Waals surface area contributed by atoms with Crippen molar-refractivity contribution in [2.24, 2.45) is 4.99 Å². The lowest BCUT2D eigenvalue weighted by Gasteiger charge is -2.20. The van der Waals surface area contributed by atoms with E-state index in [2.05, 4.69) is 15.6 Å². The van der Waals surface area contributed by atoms with Gasteiger partial charge >= 0.3 is 0 Å². The summed E-state index contributed by atoms with van der Waals surface area (Å²) in [4.78, 5) is 28.3. The second-order valence-corrected chi connectivity index (χ2v) is 5.39. The maximum absolute atomic E-state index is 12.1. The number of amides is 2. The Hall–Kier alpha value is -2.01. The Morgan fingerprint density at radius 3 is 2.80 bits per heavy atom. The zero-order valence-corrected chi connectivity index (χ0v) is 11.3. The Morgan fingerprint density at radius 2 is 2.15 bits per heavy atom. The van der Waals surface area contributed by atoms with Crippen LogP contribution in [0.25, 0.3) is 0 Å². The molecule has 1 heterocycles. The quantitative estimate of drug-likeness (QED) is 0.799. The monoisotopic (exact) mass is 271 g/mol. The van der Waals surface area contributed by atoms with Gasteiger partial charge in [-0.25, -0.2) is 0 Å². The van der Waals surface area contributed by atoms with Crippen LogP contribution in [-0.4, -0.2) is 30.2 Å². The molecule has 1 saturated carbocycles. The Bertz CT molecular complexity index is 591. The Kier molecular flexibility index (Phi) is 3.36. The molecule has 0 spiro atoms. The van der Waals surface area contributed by atoms with Gasteiger partial charge in [-0.05, 0) is 25.3 Å². The van der Waals surface area contributed by atoms with Crippen molar-refractivity contribution < 1.29 is 9.59 Å². The summed E-state index contributed by atoms with van der Waals surface area (Å²) >= 11 is 0. The third kappa shape index (κ3) is 2.77. The summed E-state index contributed by atoms with van der Waals surface area (Å²) in [5.41, 5.74) is 1.72. The molecular weight excluding hydrogens is 254 g/mol. The molecule has 104 valence electrons. The second-order valence-electron chi connectivity index (χ2n) is 5.39. The van der Waals surface area contributed by atoms with Crippen molar-refractivity contribution in [3.8, 4) is 0 Å². The third-order valence-electron chi connectivity index (χ3n) is 3.53. The van der Waals surface area contributed by atoms with Crippen molar-refractivity contribution in [1.29, 1.82) is 0 Å². The predicted molar refractivity (Wildman–Crippen MR) is 75.5 cm³/mol. The number of nitrogens with zero attached hydrogens (tertiary/aromatic N) is 1. The van der Waals surface area contributed by atoms with E-state index in [1.807, 2.05) is 25.1 Å². The fraction of sp³-hybridized carbons (Fsp3) is 0.400. The molecule has 0 bridgehead atoms. The molecule has 1 unspecified atom stereocenters. The van der Waals surface area contributed by atoms with Gasteiger partial charge in [-0.3, -0.25) is 9.59 Å². The molecule has 5 heteroatoms. The summed E-state index contributed by atoms with van der Waals surface area (Å²) in [6.07, 6.45) is 2.31. The first kappa shape index (κ1) is 13.0. The number of rotatable bonds is 4. The van der Waals surface area contributed by atoms with E-state index in [9.17, 15) is 9.59 Å². The third-order valence-corrected chi connectivity index (χ3v) is 3.53. The van der Waals surface area contributed by atoms with Crippen LogP contribution in [-0.2, 0) is 9.59 Å². The number of nitrogens with one attached hydrogen (secondary N) is 2. The lowest BCUT2D eigenvalue weighted by atomic mass is 9.95. The average Bonchev–Trinajstić information content (AvgIpc) is 3.19. The van der Waals surface area contributed by atoms with Crippen molar-refractivity contribution in [1.82, 2.24) is 10.6 Å². The van der Waals surface area contributed by atoms with Crippen molar-refractivity contribution in [2.75, 3.05) is 6.54 Å². The molecule has 1 atom stereocenters. The fourth-order valence-electron chi connectivity index (χ4n) is 2.31. The van der Waals surface area contributed by atoms with Crippen LogP contribution >= 0.6 is 0 Å². The van der Waals surface area contributed by atoms with E-state index in [4.69, 9.17) is 0 Å². The van der Waals surface area contributed by atoms with Gasteiger partial charge in [0.15, 0.2) is 0 Å². The van der Waals surface area contributed by atoms with Gasteiger partial charge in [-0.15, -0.1) is 0 Å². The molecule has 0 saturated heterocycles. The van der Waals surface area contributed by atoms with Crippen LogP contribution < -0.4 is 10.6 Å². The number of aliphatic imine (C=N–C) groups is 1. The molecule has 0 radical (unpaired) electrons. The number of carbonyl (C=O) groups excluding carboxylic acids is 2. The molecule has 2 amide bonds. The van der Waals surface area contributed by atoms with E-state index < -0.39 is 5.92 Å². The first-order chi connectivity index (χ1) is 9.63. The number of hydrogen-bond acceptors (Lipinski definition) is 3. The highest BCUT2D eigenvalue weighted by molar-refractivity contribution is 6.19. The van der Waals surface area contributed by atoms with Crippen LogP contribution in [0.2, 0.25) is 0 Å². The average molecular weight is 271 g/mol. The molecule has 1 aromatic carbocycles. The first-order valence-electron chi connectivity index (χ1n) is 6.86. The summed E-state index contributed by atoms with van der Waals surface area (Å²) in [5.74, 6) is -1.06. The van der Waals surface area contributed by atoms with Gasteiger partial charge in [0, 0.05) is 6.04 Å². The van der Waals surface area contributed by atoms with Gasteiger partial charge in [0.1, 0.15) is 11.8 Å². The van der Waals surface area contributed by atoms with Gasteiger partial charge in [0.05, 0.1) is 6.54 Å². The first-order valence-corrected chi connectivity index (χ1v) is 6.86. The SMILES string of the molecule is Cc1cccc(C2C(=O)N=C(CNC3CC3)NC2=O)c1. The summed E-state index contributed by atoms with van der Waals surface area (Å²) in [6, 6.07) is 7.94. The molecule has 2 N–H and O–H groups in total. The summed E-state index contributed by atoms with van der Waals surface area (Å²) < 4.78 is 0. The molecule has 1 aliphatic heterocycles. The smallest absolute Gasteiger partial charge is 0.264 e. The second kappa shape index (κ2) is 5.17. The van der Waals surface area contributed by atoms with E-state index in [0.717, 1.165) is 18.4 Å². The van der Waals surface area contributed by atoms with E-state index in [1.165, 1.54) is 0 Å². The van der Waals surface area contributed by atoms with E-state index >= 15 is 0 Å². The fourth-order valence-corrected chi connectivity index (χ4v) is 2.31. The predicted octanol–water partition coefficient (Wildman–Crippen LogP) is 0.886. The van der Waals surface area contributed by atoms with Crippen LogP contribution in [0.15, 0.2) is 29.3 Å². The van der Waals surface area contributed by atoms with Crippen molar-refractivity contribution >= 4 is 17.6 Å². The van der Waals surface area contributed by atoms with E-state index in [1.54, 1.807) is 6.07 Å². The minimum Gasteiger partial charge on any atom is -0.312 e. The summed E-state index contributed by atoms with van der Waals surface area (Å²) in [7, 11) is 0. The van der Waals surface area contributed by atoms with Crippen LogP contribution in [0.3, 0.4) is 0 Å². The lowest BCUT2D eigenvalue weighted by molar-refractivity contribution is -0.129. The normalized spacial score (nSPS) is 22.4. The minimum atomic E-state index is -0.820. The van der Waals surface area contributed by atoms with Crippen LogP contribution in [0, 0.1) is 6.92 Å². The van der Waals surface area contributed by atoms with E-state index in [-0.39, 0.29) is 11.8 Å². The van der Waals surface area contributed by atoms with Crippen LogP contribution in [0.1, 0.15) is 29.9 Å². The Morgan fingerprint density at radius 1 is 1.35 bits per heavy atom. The molecule has 3 rings (SSSR count). The zero-order valence-electron chi connectivity index (χ0n) is 11.3. The number of aryl methyl sites for hydroxylation is 1. The Balaban J connectivity index is 1.76. The van der Waals surface area contributed by atoms with Crippen LogP contribution in [0.4, 0.5) is 0 Å². The van der Waals surface area contributed by atoms with Gasteiger partial charge in [0.25, 0.3) is 5.91 Å². The van der Waals surface area contributed by atoms with Crippen molar-refractivity contribution in [3.05, 3.63) is 35.4 Å². The van der Waals surface area contributed by atoms with Crippen molar-refractivity contribution in [2.45, 2.75) is 31.7 Å². The molecule has 1 aromatic rings. The van der Waals surface area contributed by atoms with Gasteiger partial charge in [0.2, 0.25) is 5.91 Å². The standard InChI is InChI=1S/C15H17N3O2/c1-9-3-2-4-10(7-9)13-14(19)17-12(18-15(13)20)8-16-11-5-6-11/h2-4,7,11,13,16H,5-6,8H2,1H3,(H,17,18,19,20). The highest BCUT2D eigenvalue weighted by atomic mass is 16.2. The number of carbonyl (C=O) groups is 2. The highest BCUT2D eigenvalue weighted by Gasteiger charge is 2.33. The maximum Gasteiger partial charge on any atom is 0.264 e. The van der Waals surface area contributed by atoms with Crippen molar-refractivity contribution in [3.63, 3.8) is 0 Å². The minimum absolute atomic E-state index is 0.289. The molecule has 2 aliphatic rings. The molecule has 0 aromatic heterocycles. The number of hydrogen-bond donors (Lipinski definition) is 2. The lowest BCUT2D eigenvalue weighted by Crippen LogP contribution is -2.46. The molecule has 1 fully saturated rings. The molecule has 1 aliphatic carbocycles. The highest BCUT2D eigenvalue weighted by Crippen LogP contribution is 2.22. The summed E-state index contributed by atoms with van der Waals surface area (Å²) in [6.45, 7) is 2.38. The molecule has 20 heavy (non-hydrogen) atoms. The van der Waals surface area contributed by atoms with Gasteiger partial charge < -0.3 is 10.6 Å². The van der Waals surface area contributed by atoms with Gasteiger partial charge in [-0.1, -0.05) is 29.8 Å². The Labute approximate surface area is 117 Å². The zero-order chi connectivity index (χ0) is 14.1. The maximum atomic E-state index is 12.1. The largest absolute Gasteiger partial charge is 0.312 e. The topological polar surface area (TPSA) is 70.6 Å². The number of benzene rings is 1. The van der Waals surface area contributed by atoms with Gasteiger partial charge in [-0.2, -0.15) is 4.99 Å². The molecular formula is C15H17N3O2. The van der Waals surface area contributed by atoms with Crippen LogP contribution in [0.5, 0.6) is 0 Å². The van der Waals surface area contributed by atoms with E-state index in [0.29, 0.717) is 24.0 Å². The molecule has 5 nitrogen and oxygen atoms in total. The summed E-state index contributed by atoms with van der Waals surface area (Å²) in [5, 5.41) is 5.96.